The van der Waals surface area contributed by atoms with Gasteiger partial charge in [0.25, 0.3) is 5.91 Å². The number of aliphatic hydroxyl groups excluding tert-OH is 1. The van der Waals surface area contributed by atoms with Gasteiger partial charge in [0, 0.05) is 44.4 Å². The predicted octanol–water partition coefficient (Wildman–Crippen LogP) is 2.27. The summed E-state index contributed by atoms with van der Waals surface area (Å²) in [5.41, 5.74) is 6.55. The summed E-state index contributed by atoms with van der Waals surface area (Å²) in [5.74, 6) is -2.06. The topological polar surface area (TPSA) is 170 Å². The number of likely N-dealkylation sites (N-methyl/N-ethyl adjacent to an activating group) is 1. The zero-order valence-electron chi connectivity index (χ0n) is 27.1. The number of aliphatic imine (C=N–C) groups is 1. The maximum Gasteiger partial charge on any atom is 0.405 e. The van der Waals surface area contributed by atoms with Gasteiger partial charge in [0.05, 0.1) is 24.3 Å². The summed E-state index contributed by atoms with van der Waals surface area (Å²) in [6.07, 6.45) is 2.40. The molecule has 0 unspecified atom stereocenters. The van der Waals surface area contributed by atoms with Crippen LogP contribution in [0.1, 0.15) is 47.0 Å². The number of fused-ring (bicyclic) bond motifs is 2. The Labute approximate surface area is 260 Å². The fourth-order valence-corrected chi connectivity index (χ4v) is 5.26. The van der Waals surface area contributed by atoms with Crippen LogP contribution >= 0.6 is 0 Å². The Morgan fingerprint density at radius 3 is 2.43 bits per heavy atom. The van der Waals surface area contributed by atoms with Crippen LogP contribution in [0.15, 0.2) is 51.7 Å². The van der Waals surface area contributed by atoms with Crippen LogP contribution in [0.4, 0.5) is 4.79 Å². The van der Waals surface area contributed by atoms with Crippen LogP contribution in [-0.4, -0.2) is 105 Å². The molecule has 0 saturated heterocycles. The summed E-state index contributed by atoms with van der Waals surface area (Å²) >= 11 is 0. The maximum atomic E-state index is 13.7. The zero-order valence-corrected chi connectivity index (χ0v) is 27.1. The average Bonchev–Trinajstić information content (AvgIpc) is 2.95. The number of nitrogens with zero attached hydrogens (tertiary/aromatic N) is 2. The van der Waals surface area contributed by atoms with Gasteiger partial charge < -0.3 is 35.3 Å². The minimum absolute atomic E-state index is 0.114. The van der Waals surface area contributed by atoms with Crippen molar-refractivity contribution >= 4 is 29.3 Å². The lowest BCUT2D eigenvalue weighted by Gasteiger charge is -2.30. The molecule has 0 aromatic rings. The zero-order chi connectivity index (χ0) is 33.1. The fraction of sp³-hybridized carbons (Fsp3) is 0.594. The minimum atomic E-state index is -0.999. The molecule has 0 saturated carbocycles. The molecule has 2 aliphatic rings. The van der Waals surface area contributed by atoms with Crippen molar-refractivity contribution in [2.45, 2.75) is 71.4 Å². The van der Waals surface area contributed by atoms with E-state index in [2.05, 4.69) is 10.3 Å². The lowest BCUT2D eigenvalue weighted by Crippen LogP contribution is -2.39. The molecular weight excluding hydrogens is 568 g/mol. The van der Waals surface area contributed by atoms with Gasteiger partial charge in [-0.25, -0.2) is 9.79 Å². The summed E-state index contributed by atoms with van der Waals surface area (Å²) in [6.45, 7) is 8.09. The third-order valence-corrected chi connectivity index (χ3v) is 7.72. The Bertz CT molecular complexity index is 1230. The minimum Gasteiger partial charge on any atom is -0.439 e. The van der Waals surface area contributed by atoms with Gasteiger partial charge in [-0.05, 0) is 52.3 Å². The Balaban J connectivity index is 2.64. The highest BCUT2D eigenvalue weighted by Gasteiger charge is 2.35. The number of allylic oxidation sites excluding steroid dienone is 4. The van der Waals surface area contributed by atoms with E-state index < -0.39 is 48.1 Å². The van der Waals surface area contributed by atoms with Gasteiger partial charge in [-0.2, -0.15) is 0 Å². The number of hydrogen-bond acceptors (Lipinski definition) is 10. The average molecular weight is 617 g/mol. The molecule has 0 aromatic heterocycles. The summed E-state index contributed by atoms with van der Waals surface area (Å²) in [7, 11) is 6.75. The summed E-state index contributed by atoms with van der Waals surface area (Å²) in [4.78, 5) is 57.7. The van der Waals surface area contributed by atoms with Crippen molar-refractivity contribution < 1.29 is 38.5 Å². The Kier molecular flexibility index (Phi) is 14.3. The van der Waals surface area contributed by atoms with E-state index in [4.69, 9.17) is 19.9 Å². The maximum absolute atomic E-state index is 13.7. The van der Waals surface area contributed by atoms with Crippen molar-refractivity contribution in [2.75, 3.05) is 41.4 Å². The van der Waals surface area contributed by atoms with Crippen LogP contribution in [0.3, 0.4) is 0 Å². The first-order valence-corrected chi connectivity index (χ1v) is 14.7. The van der Waals surface area contributed by atoms with Crippen molar-refractivity contribution in [3.63, 3.8) is 0 Å². The molecule has 0 fully saturated rings. The third-order valence-electron chi connectivity index (χ3n) is 7.72. The molecule has 0 spiro atoms. The van der Waals surface area contributed by atoms with Gasteiger partial charge >= 0.3 is 6.09 Å². The monoisotopic (exact) mass is 616 g/mol. The van der Waals surface area contributed by atoms with Gasteiger partial charge in [-0.15, -0.1) is 0 Å². The molecule has 244 valence electrons. The lowest BCUT2D eigenvalue weighted by molar-refractivity contribution is -0.118. The summed E-state index contributed by atoms with van der Waals surface area (Å²) in [5, 5.41) is 14.4. The van der Waals surface area contributed by atoms with Gasteiger partial charge in [0.15, 0.2) is 11.9 Å². The van der Waals surface area contributed by atoms with Crippen LogP contribution in [0.25, 0.3) is 0 Å². The molecule has 0 radical (unpaired) electrons. The Morgan fingerprint density at radius 1 is 1.16 bits per heavy atom. The van der Waals surface area contributed by atoms with Gasteiger partial charge in [-0.3, -0.25) is 14.4 Å². The summed E-state index contributed by atoms with van der Waals surface area (Å²) < 4.78 is 16.6. The van der Waals surface area contributed by atoms with Gasteiger partial charge in [0.2, 0.25) is 5.78 Å². The van der Waals surface area contributed by atoms with Crippen LogP contribution in [-0.2, 0) is 28.6 Å². The van der Waals surface area contributed by atoms with E-state index in [1.807, 2.05) is 32.8 Å². The third kappa shape index (κ3) is 10.3. The second-order valence-corrected chi connectivity index (χ2v) is 11.7. The molecule has 2 amide bonds. The van der Waals surface area contributed by atoms with Gasteiger partial charge in [0.1, 0.15) is 11.8 Å². The number of ether oxygens (including phenoxy) is 3. The van der Waals surface area contributed by atoms with Crippen LogP contribution < -0.4 is 11.1 Å². The molecule has 12 nitrogen and oxygen atoms in total. The van der Waals surface area contributed by atoms with E-state index in [-0.39, 0.29) is 47.1 Å². The number of amides is 2. The second-order valence-electron chi connectivity index (χ2n) is 11.7. The Morgan fingerprint density at radius 2 is 1.84 bits per heavy atom. The fourth-order valence-electron chi connectivity index (χ4n) is 5.26. The number of nitrogens with two attached hydrogens (primary N) is 1. The first-order valence-electron chi connectivity index (χ1n) is 14.7. The van der Waals surface area contributed by atoms with Crippen molar-refractivity contribution in [1.29, 1.82) is 0 Å². The predicted molar refractivity (Wildman–Crippen MR) is 167 cm³/mol. The number of rotatable bonds is 7. The highest BCUT2D eigenvalue weighted by atomic mass is 16.6. The van der Waals surface area contributed by atoms with Gasteiger partial charge in [-0.1, -0.05) is 38.2 Å². The number of ketones is 2. The molecule has 1 aliphatic carbocycles. The van der Waals surface area contributed by atoms with Crippen LogP contribution in [0, 0.1) is 11.8 Å². The van der Waals surface area contributed by atoms with Crippen LogP contribution in [0.5, 0.6) is 0 Å². The summed E-state index contributed by atoms with van der Waals surface area (Å²) in [6, 6.07) is 0. The first-order chi connectivity index (χ1) is 20.7. The molecule has 2 rings (SSSR count). The van der Waals surface area contributed by atoms with Crippen molar-refractivity contribution in [3.8, 4) is 0 Å². The molecule has 44 heavy (non-hydrogen) atoms. The van der Waals surface area contributed by atoms with E-state index in [9.17, 15) is 24.3 Å². The smallest absolute Gasteiger partial charge is 0.405 e. The lowest BCUT2D eigenvalue weighted by atomic mass is 9.83. The number of nitrogens with one attached hydrogen (secondary N) is 1. The number of primary amides is 1. The molecule has 12 heteroatoms. The van der Waals surface area contributed by atoms with E-state index in [1.165, 1.54) is 20.3 Å². The second kappa shape index (κ2) is 17.1. The molecule has 6 atom stereocenters. The standard InChI is InChI=1S/C32H48N4O8/c1-18-14-22-27(34-12-13-36(5)6)24(37)17-23(29(22)39)35-31(40)19(2)10-9-11-25(42-7)30(44-32(33)41)21(4)16-20(3)28(38)26(15-18)43-8/h9-11,16,18,20,25-26,28,30,34,38H,12-15,17H2,1-8H3,(H2,33,41)/b11-9-,19-10+,21-16+,35-23?/t18-,20+,25+,26+,28-,30+/m1/s1. The molecule has 1 aliphatic heterocycles. The van der Waals surface area contributed by atoms with Crippen molar-refractivity contribution in [1.82, 2.24) is 10.2 Å². The van der Waals surface area contributed by atoms with Crippen molar-refractivity contribution in [2.24, 2.45) is 22.6 Å². The largest absolute Gasteiger partial charge is 0.439 e. The van der Waals surface area contributed by atoms with Crippen molar-refractivity contribution in [3.05, 3.63) is 46.7 Å². The SMILES string of the molecule is CO[C@H]1/C=C\C=C(/C)C(=O)N=C2CC(=O)C(NCCN(C)C)=C(C[C@@H](C)C[C@H](OC)[C@H](O)[C@@H](C)/C=C(\C)[C@@H]1OC(N)=O)C2=O. The molecular formula is C32H48N4O8. The molecule has 4 N–H and O–H groups in total. The first kappa shape index (κ1) is 36.7. The quantitative estimate of drug-likeness (QED) is 0.361. The number of methoxy groups -OCH3 is 2. The van der Waals surface area contributed by atoms with E-state index >= 15 is 0 Å². The number of carbonyl (C=O) groups excluding carboxylic acids is 4. The highest BCUT2D eigenvalue weighted by Crippen LogP contribution is 2.28. The van der Waals surface area contributed by atoms with E-state index in [0.717, 1.165) is 0 Å². The Hall–Kier alpha value is -3.45. The number of hydrogen-bond donors (Lipinski definition) is 3. The number of Topliss-reactive ketones (excluding diaryl/α,β-unsaturated/α-hetero) is 2. The normalized spacial score (nSPS) is 31.1. The molecule has 1 heterocycles. The number of aliphatic hydroxyl groups is 1. The number of carbonyl (C=O) groups is 4. The van der Waals surface area contributed by atoms with E-state index in [0.29, 0.717) is 25.1 Å². The van der Waals surface area contributed by atoms with Crippen LogP contribution in [0.2, 0.25) is 0 Å². The molecule has 2 bridgehead atoms. The highest BCUT2D eigenvalue weighted by molar-refractivity contribution is 6.53. The van der Waals surface area contributed by atoms with E-state index in [1.54, 1.807) is 32.1 Å². The molecule has 0 aromatic carbocycles.